The van der Waals surface area contributed by atoms with Gasteiger partial charge in [-0.3, -0.25) is 4.79 Å². The van der Waals surface area contributed by atoms with Gasteiger partial charge in [0, 0.05) is 41.2 Å². The molecule has 27 heavy (non-hydrogen) atoms. The maximum Gasteiger partial charge on any atom is 0.317 e. The van der Waals surface area contributed by atoms with E-state index >= 15 is 0 Å². The first-order valence-corrected chi connectivity index (χ1v) is 9.97. The molecular formula is C20H21BrClN3O2. The Morgan fingerprint density at radius 1 is 0.963 bits per heavy atom. The third-order valence-electron chi connectivity index (χ3n) is 4.66. The molecule has 5 nitrogen and oxygen atoms in total. The molecule has 7 heteroatoms. The normalized spacial score (nSPS) is 15.4. The monoisotopic (exact) mass is 449 g/mol. The SMILES string of the molecule is CC(NC(=O)N1CCN(C(=O)c2ccc(Cl)cc2)CC1)c1ccc(Br)cc1. The number of nitrogens with one attached hydrogen (secondary N) is 1. The number of carbonyl (C=O) groups is 2. The molecular weight excluding hydrogens is 430 g/mol. The van der Waals surface area contributed by atoms with Crippen LogP contribution in [0.4, 0.5) is 4.79 Å². The zero-order chi connectivity index (χ0) is 19.4. The molecule has 0 bridgehead atoms. The highest BCUT2D eigenvalue weighted by atomic mass is 79.9. The number of piperazine rings is 1. The summed E-state index contributed by atoms with van der Waals surface area (Å²) >= 11 is 9.28. The van der Waals surface area contributed by atoms with Crippen LogP contribution in [0.2, 0.25) is 5.02 Å². The van der Waals surface area contributed by atoms with Crippen molar-refractivity contribution in [1.82, 2.24) is 15.1 Å². The van der Waals surface area contributed by atoms with E-state index in [1.54, 1.807) is 34.1 Å². The molecule has 0 aromatic heterocycles. The van der Waals surface area contributed by atoms with Gasteiger partial charge in [-0.25, -0.2) is 4.79 Å². The smallest absolute Gasteiger partial charge is 0.317 e. The van der Waals surface area contributed by atoms with E-state index in [2.05, 4.69) is 21.2 Å². The summed E-state index contributed by atoms with van der Waals surface area (Å²) in [5, 5.41) is 3.63. The Hall–Kier alpha value is -2.05. The molecule has 1 atom stereocenters. The summed E-state index contributed by atoms with van der Waals surface area (Å²) in [7, 11) is 0. The van der Waals surface area contributed by atoms with Gasteiger partial charge in [0.15, 0.2) is 0 Å². The fourth-order valence-electron chi connectivity index (χ4n) is 3.00. The molecule has 0 spiro atoms. The van der Waals surface area contributed by atoms with Crippen LogP contribution in [0.3, 0.4) is 0 Å². The van der Waals surface area contributed by atoms with E-state index < -0.39 is 0 Å². The van der Waals surface area contributed by atoms with E-state index in [-0.39, 0.29) is 18.0 Å². The Morgan fingerprint density at radius 3 is 2.11 bits per heavy atom. The second kappa shape index (κ2) is 8.76. The van der Waals surface area contributed by atoms with Crippen molar-refractivity contribution in [2.75, 3.05) is 26.2 Å². The van der Waals surface area contributed by atoms with Gasteiger partial charge < -0.3 is 15.1 Å². The average Bonchev–Trinajstić information content (AvgIpc) is 2.68. The number of benzene rings is 2. The Kier molecular flexibility index (Phi) is 6.39. The van der Waals surface area contributed by atoms with Crippen molar-refractivity contribution in [1.29, 1.82) is 0 Å². The molecule has 1 fully saturated rings. The molecule has 2 aromatic rings. The number of urea groups is 1. The summed E-state index contributed by atoms with van der Waals surface area (Å²) in [6, 6.07) is 14.6. The van der Waals surface area contributed by atoms with Crippen LogP contribution < -0.4 is 5.32 Å². The van der Waals surface area contributed by atoms with E-state index in [0.29, 0.717) is 36.8 Å². The molecule has 0 aliphatic carbocycles. The lowest BCUT2D eigenvalue weighted by molar-refractivity contribution is 0.0663. The molecule has 1 N–H and O–H groups in total. The first-order valence-electron chi connectivity index (χ1n) is 8.80. The van der Waals surface area contributed by atoms with Gasteiger partial charge in [0.1, 0.15) is 0 Å². The molecule has 1 heterocycles. The molecule has 1 saturated heterocycles. The van der Waals surface area contributed by atoms with Crippen LogP contribution in [-0.4, -0.2) is 47.9 Å². The predicted octanol–water partition coefficient (Wildman–Crippen LogP) is 4.33. The Labute approximate surface area is 172 Å². The topological polar surface area (TPSA) is 52.7 Å². The minimum atomic E-state index is -0.107. The van der Waals surface area contributed by atoms with E-state index in [4.69, 9.17) is 11.6 Å². The number of hydrogen-bond donors (Lipinski definition) is 1. The summed E-state index contributed by atoms with van der Waals surface area (Å²) in [5.74, 6) is -0.0324. The number of carbonyl (C=O) groups excluding carboxylic acids is 2. The van der Waals surface area contributed by atoms with Crippen LogP contribution in [0.5, 0.6) is 0 Å². The minimum Gasteiger partial charge on any atom is -0.335 e. The minimum absolute atomic E-state index is 0.0324. The van der Waals surface area contributed by atoms with Crippen LogP contribution in [0.1, 0.15) is 28.9 Å². The summed E-state index contributed by atoms with van der Waals surface area (Å²) in [6.45, 7) is 4.01. The number of hydrogen-bond acceptors (Lipinski definition) is 2. The molecule has 3 amide bonds. The summed E-state index contributed by atoms with van der Waals surface area (Å²) in [5.41, 5.74) is 1.66. The maximum atomic E-state index is 12.5. The Bertz CT molecular complexity index is 803. The van der Waals surface area contributed by atoms with Crippen LogP contribution in [0, 0.1) is 0 Å². The van der Waals surface area contributed by atoms with Crippen molar-refractivity contribution in [2.45, 2.75) is 13.0 Å². The zero-order valence-electron chi connectivity index (χ0n) is 15.0. The first kappa shape index (κ1) is 19.7. The molecule has 2 aromatic carbocycles. The van der Waals surface area contributed by atoms with Gasteiger partial charge in [-0.15, -0.1) is 0 Å². The van der Waals surface area contributed by atoms with Gasteiger partial charge in [-0.1, -0.05) is 39.7 Å². The van der Waals surface area contributed by atoms with Gasteiger partial charge in [-0.2, -0.15) is 0 Å². The number of amides is 3. The molecule has 0 saturated carbocycles. The van der Waals surface area contributed by atoms with Gasteiger partial charge >= 0.3 is 6.03 Å². The van der Waals surface area contributed by atoms with E-state index in [1.807, 2.05) is 31.2 Å². The highest BCUT2D eigenvalue weighted by Crippen LogP contribution is 2.17. The van der Waals surface area contributed by atoms with Crippen molar-refractivity contribution in [3.05, 3.63) is 69.2 Å². The third-order valence-corrected chi connectivity index (χ3v) is 5.44. The first-order chi connectivity index (χ1) is 12.9. The number of halogens is 2. The number of nitrogens with zero attached hydrogens (tertiary/aromatic N) is 2. The van der Waals surface area contributed by atoms with E-state index in [0.717, 1.165) is 10.0 Å². The quantitative estimate of drug-likeness (QED) is 0.757. The fraction of sp³-hybridized carbons (Fsp3) is 0.300. The number of rotatable bonds is 3. The lowest BCUT2D eigenvalue weighted by atomic mass is 10.1. The summed E-state index contributed by atoms with van der Waals surface area (Å²) in [4.78, 5) is 28.6. The van der Waals surface area contributed by atoms with E-state index in [1.165, 1.54) is 0 Å². The highest BCUT2D eigenvalue weighted by molar-refractivity contribution is 9.10. The van der Waals surface area contributed by atoms with Gasteiger partial charge in [0.05, 0.1) is 6.04 Å². The van der Waals surface area contributed by atoms with Crippen molar-refractivity contribution in [3.63, 3.8) is 0 Å². The molecule has 3 rings (SSSR count). The van der Waals surface area contributed by atoms with Crippen LogP contribution in [0.15, 0.2) is 53.0 Å². The van der Waals surface area contributed by atoms with Crippen LogP contribution >= 0.6 is 27.5 Å². The van der Waals surface area contributed by atoms with E-state index in [9.17, 15) is 9.59 Å². The lowest BCUT2D eigenvalue weighted by Gasteiger charge is -2.35. The molecule has 1 unspecified atom stereocenters. The zero-order valence-corrected chi connectivity index (χ0v) is 17.3. The Morgan fingerprint density at radius 2 is 1.52 bits per heavy atom. The maximum absolute atomic E-state index is 12.5. The van der Waals surface area contributed by atoms with Crippen LogP contribution in [-0.2, 0) is 0 Å². The fourth-order valence-corrected chi connectivity index (χ4v) is 3.39. The average molecular weight is 451 g/mol. The lowest BCUT2D eigenvalue weighted by Crippen LogP contribution is -2.53. The van der Waals surface area contributed by atoms with Crippen molar-refractivity contribution in [2.24, 2.45) is 0 Å². The van der Waals surface area contributed by atoms with Gasteiger partial charge in [0.2, 0.25) is 0 Å². The van der Waals surface area contributed by atoms with Gasteiger partial charge in [-0.05, 0) is 48.9 Å². The van der Waals surface area contributed by atoms with Crippen molar-refractivity contribution < 1.29 is 9.59 Å². The second-order valence-electron chi connectivity index (χ2n) is 6.51. The second-order valence-corrected chi connectivity index (χ2v) is 7.86. The Balaban J connectivity index is 1.52. The largest absolute Gasteiger partial charge is 0.335 e. The van der Waals surface area contributed by atoms with Crippen molar-refractivity contribution in [3.8, 4) is 0 Å². The predicted molar refractivity (Wildman–Crippen MR) is 110 cm³/mol. The molecule has 1 aliphatic heterocycles. The van der Waals surface area contributed by atoms with Gasteiger partial charge in [0.25, 0.3) is 5.91 Å². The van der Waals surface area contributed by atoms with Crippen LogP contribution in [0.25, 0.3) is 0 Å². The summed E-state index contributed by atoms with van der Waals surface area (Å²) < 4.78 is 1.01. The molecule has 142 valence electrons. The van der Waals surface area contributed by atoms with Crippen molar-refractivity contribution >= 4 is 39.5 Å². The summed E-state index contributed by atoms with van der Waals surface area (Å²) in [6.07, 6.45) is 0. The highest BCUT2D eigenvalue weighted by Gasteiger charge is 2.25. The third kappa shape index (κ3) is 5.02. The molecule has 1 aliphatic rings. The molecule has 0 radical (unpaired) electrons. The standard InChI is InChI=1S/C20H21BrClN3O2/c1-14(15-2-6-17(21)7-3-15)23-20(27)25-12-10-24(11-13-25)19(26)16-4-8-18(22)9-5-16/h2-9,14H,10-13H2,1H3,(H,23,27).